The lowest BCUT2D eigenvalue weighted by molar-refractivity contribution is -0.125. The Morgan fingerprint density at radius 1 is 1.19 bits per heavy atom. The number of hydrogen-bond acceptors (Lipinski definition) is 4. The van der Waals surface area contributed by atoms with Gasteiger partial charge in [0.2, 0.25) is 15.9 Å². The smallest absolute Gasteiger partial charge is 0.244 e. The molecule has 0 saturated heterocycles. The van der Waals surface area contributed by atoms with Crippen LogP contribution in [0.5, 0.6) is 0 Å². The van der Waals surface area contributed by atoms with E-state index in [9.17, 15) is 13.2 Å². The van der Waals surface area contributed by atoms with Crippen molar-refractivity contribution in [2.24, 2.45) is 0 Å². The molecule has 2 aromatic rings. The maximum atomic E-state index is 13.3. The standard InChI is InChI=1S/C20H24N2O4S/c1-15-6-5-9-18(12-15)27(24,25)22-14-17-8-4-3-7-16(17)13-19(22)20(23)21-10-11-26-2/h3-9,12,19H,10-11,13-14H2,1-2H3,(H,21,23)/t19-/m0/s1. The number of carbonyl (C=O) groups excluding carboxylic acids is 1. The van der Waals surface area contributed by atoms with Gasteiger partial charge in [-0.3, -0.25) is 4.79 Å². The lowest BCUT2D eigenvalue weighted by Crippen LogP contribution is -2.52. The molecular weight excluding hydrogens is 364 g/mol. The summed E-state index contributed by atoms with van der Waals surface area (Å²) in [6.45, 7) is 2.74. The number of methoxy groups -OCH3 is 1. The van der Waals surface area contributed by atoms with Crippen LogP contribution >= 0.6 is 0 Å². The molecule has 0 unspecified atom stereocenters. The van der Waals surface area contributed by atoms with Crippen LogP contribution in [0.1, 0.15) is 16.7 Å². The van der Waals surface area contributed by atoms with Crippen LogP contribution < -0.4 is 5.32 Å². The number of nitrogens with zero attached hydrogens (tertiary/aromatic N) is 1. The molecule has 0 spiro atoms. The maximum Gasteiger partial charge on any atom is 0.244 e. The third-order valence-electron chi connectivity index (χ3n) is 4.71. The number of ether oxygens (including phenoxy) is 1. The first-order valence-corrected chi connectivity index (χ1v) is 10.3. The molecule has 1 atom stereocenters. The van der Waals surface area contributed by atoms with E-state index in [1.54, 1.807) is 25.3 Å². The van der Waals surface area contributed by atoms with E-state index in [-0.39, 0.29) is 17.3 Å². The number of amides is 1. The zero-order chi connectivity index (χ0) is 19.4. The molecule has 0 bridgehead atoms. The average molecular weight is 388 g/mol. The fourth-order valence-electron chi connectivity index (χ4n) is 3.28. The van der Waals surface area contributed by atoms with Gasteiger partial charge in [0.15, 0.2) is 0 Å². The zero-order valence-electron chi connectivity index (χ0n) is 15.5. The molecule has 144 valence electrons. The number of rotatable bonds is 6. The van der Waals surface area contributed by atoms with Crippen molar-refractivity contribution in [3.63, 3.8) is 0 Å². The summed E-state index contributed by atoms with van der Waals surface area (Å²) in [7, 11) is -2.26. The van der Waals surface area contributed by atoms with E-state index >= 15 is 0 Å². The summed E-state index contributed by atoms with van der Waals surface area (Å²) in [6.07, 6.45) is 0.347. The van der Waals surface area contributed by atoms with Gasteiger partial charge in [-0.25, -0.2) is 8.42 Å². The molecule has 1 aliphatic heterocycles. The molecule has 0 radical (unpaired) electrons. The topological polar surface area (TPSA) is 75.7 Å². The minimum atomic E-state index is -3.81. The Kier molecular flexibility index (Phi) is 5.94. The normalized spacial score (nSPS) is 17.3. The van der Waals surface area contributed by atoms with Crippen molar-refractivity contribution in [3.05, 3.63) is 65.2 Å². The van der Waals surface area contributed by atoms with Crippen LogP contribution in [0.25, 0.3) is 0 Å². The van der Waals surface area contributed by atoms with Gasteiger partial charge in [0.1, 0.15) is 6.04 Å². The second-order valence-corrected chi connectivity index (χ2v) is 8.53. The third kappa shape index (κ3) is 4.21. The predicted octanol–water partition coefficient (Wildman–Crippen LogP) is 1.87. The van der Waals surface area contributed by atoms with Gasteiger partial charge in [-0.1, -0.05) is 36.4 Å². The van der Waals surface area contributed by atoms with E-state index in [0.29, 0.717) is 19.6 Å². The second kappa shape index (κ2) is 8.21. The molecule has 0 fully saturated rings. The Bertz CT molecular complexity index is 927. The third-order valence-corrected chi connectivity index (χ3v) is 6.56. The van der Waals surface area contributed by atoms with Crippen molar-refractivity contribution in [2.45, 2.75) is 30.8 Å². The van der Waals surface area contributed by atoms with Gasteiger partial charge in [-0.15, -0.1) is 0 Å². The summed E-state index contributed by atoms with van der Waals surface area (Å²) >= 11 is 0. The molecule has 27 heavy (non-hydrogen) atoms. The molecule has 1 amide bonds. The average Bonchev–Trinajstić information content (AvgIpc) is 2.67. The summed E-state index contributed by atoms with van der Waals surface area (Å²) in [5.41, 5.74) is 2.78. The van der Waals surface area contributed by atoms with Crippen molar-refractivity contribution in [3.8, 4) is 0 Å². The van der Waals surface area contributed by atoms with E-state index in [0.717, 1.165) is 16.7 Å². The monoisotopic (exact) mass is 388 g/mol. The molecule has 1 aliphatic rings. The van der Waals surface area contributed by atoms with Crippen molar-refractivity contribution in [1.29, 1.82) is 0 Å². The molecular formula is C20H24N2O4S. The number of hydrogen-bond donors (Lipinski definition) is 1. The maximum absolute atomic E-state index is 13.3. The van der Waals surface area contributed by atoms with Crippen molar-refractivity contribution in [2.75, 3.05) is 20.3 Å². The van der Waals surface area contributed by atoms with Crippen LogP contribution in [-0.4, -0.2) is 44.9 Å². The number of aryl methyl sites for hydroxylation is 1. The summed E-state index contributed by atoms with van der Waals surface area (Å²) < 4.78 is 32.9. The number of sulfonamides is 1. The molecule has 3 rings (SSSR count). The van der Waals surface area contributed by atoms with E-state index in [2.05, 4.69) is 5.32 Å². The van der Waals surface area contributed by atoms with Gasteiger partial charge in [0, 0.05) is 20.2 Å². The summed E-state index contributed by atoms with van der Waals surface area (Å²) in [6, 6.07) is 13.6. The van der Waals surface area contributed by atoms with Crippen LogP contribution in [-0.2, 0) is 32.5 Å². The number of benzene rings is 2. The molecule has 1 N–H and O–H groups in total. The highest BCUT2D eigenvalue weighted by molar-refractivity contribution is 7.89. The summed E-state index contributed by atoms with van der Waals surface area (Å²) in [5.74, 6) is -0.308. The van der Waals surface area contributed by atoms with Crippen molar-refractivity contribution >= 4 is 15.9 Å². The van der Waals surface area contributed by atoms with Crippen LogP contribution in [0.3, 0.4) is 0 Å². The van der Waals surface area contributed by atoms with Gasteiger partial charge in [0.05, 0.1) is 11.5 Å². The number of carbonyl (C=O) groups is 1. The Balaban J connectivity index is 1.97. The summed E-state index contributed by atoms with van der Waals surface area (Å²) in [4.78, 5) is 13.0. The minimum absolute atomic E-state index is 0.175. The van der Waals surface area contributed by atoms with Crippen LogP contribution in [0, 0.1) is 6.92 Å². The molecule has 0 aliphatic carbocycles. The minimum Gasteiger partial charge on any atom is -0.383 e. The largest absolute Gasteiger partial charge is 0.383 e. The van der Waals surface area contributed by atoms with Crippen LogP contribution in [0.4, 0.5) is 0 Å². The molecule has 2 aromatic carbocycles. The van der Waals surface area contributed by atoms with E-state index in [4.69, 9.17) is 4.74 Å². The quantitative estimate of drug-likeness (QED) is 0.767. The van der Waals surface area contributed by atoms with E-state index in [1.165, 1.54) is 4.31 Å². The lowest BCUT2D eigenvalue weighted by atomic mass is 9.95. The van der Waals surface area contributed by atoms with Crippen molar-refractivity contribution < 1.29 is 17.9 Å². The van der Waals surface area contributed by atoms with Crippen LogP contribution in [0.2, 0.25) is 0 Å². The highest BCUT2D eigenvalue weighted by Crippen LogP contribution is 2.29. The Hall–Kier alpha value is -2.22. The highest BCUT2D eigenvalue weighted by Gasteiger charge is 2.39. The molecule has 0 aromatic heterocycles. The number of fused-ring (bicyclic) bond motifs is 1. The van der Waals surface area contributed by atoms with E-state index < -0.39 is 16.1 Å². The van der Waals surface area contributed by atoms with Gasteiger partial charge < -0.3 is 10.1 Å². The van der Waals surface area contributed by atoms with Gasteiger partial charge in [-0.05, 0) is 42.2 Å². The van der Waals surface area contributed by atoms with Crippen molar-refractivity contribution in [1.82, 2.24) is 9.62 Å². The van der Waals surface area contributed by atoms with Crippen LogP contribution in [0.15, 0.2) is 53.4 Å². The fourth-order valence-corrected chi connectivity index (χ4v) is 4.95. The van der Waals surface area contributed by atoms with Gasteiger partial charge in [-0.2, -0.15) is 4.31 Å². The molecule has 0 saturated carbocycles. The lowest BCUT2D eigenvalue weighted by Gasteiger charge is -2.35. The Morgan fingerprint density at radius 2 is 1.93 bits per heavy atom. The SMILES string of the molecule is COCCNC(=O)[C@@H]1Cc2ccccc2CN1S(=O)(=O)c1cccc(C)c1. The molecule has 1 heterocycles. The molecule has 7 heteroatoms. The fraction of sp³-hybridized carbons (Fsp3) is 0.350. The first-order chi connectivity index (χ1) is 12.9. The Morgan fingerprint density at radius 3 is 2.63 bits per heavy atom. The Labute approximate surface area is 160 Å². The summed E-state index contributed by atoms with van der Waals surface area (Å²) in [5, 5.41) is 2.78. The first kappa shape index (κ1) is 19.5. The first-order valence-electron chi connectivity index (χ1n) is 8.85. The molecule has 6 nitrogen and oxygen atoms in total. The second-order valence-electron chi connectivity index (χ2n) is 6.64. The predicted molar refractivity (Wildman–Crippen MR) is 103 cm³/mol. The van der Waals surface area contributed by atoms with Gasteiger partial charge >= 0.3 is 0 Å². The zero-order valence-corrected chi connectivity index (χ0v) is 16.3. The van der Waals surface area contributed by atoms with Gasteiger partial charge in [0.25, 0.3) is 0 Å². The number of nitrogens with one attached hydrogen (secondary N) is 1. The highest BCUT2D eigenvalue weighted by atomic mass is 32.2. The van der Waals surface area contributed by atoms with E-state index in [1.807, 2.05) is 37.3 Å².